The van der Waals surface area contributed by atoms with Crippen molar-refractivity contribution in [3.05, 3.63) is 0 Å². The van der Waals surface area contributed by atoms with Crippen LogP contribution in [0.4, 0.5) is 0 Å². The molecule has 0 saturated carbocycles. The smallest absolute Gasteiger partial charge is 0.264 e. The van der Waals surface area contributed by atoms with Crippen LogP contribution in [-0.4, -0.2) is 78.6 Å². The zero-order chi connectivity index (χ0) is 20.0. The quantitative estimate of drug-likeness (QED) is 0.521. The lowest BCUT2D eigenvalue weighted by molar-refractivity contribution is -0.174. The third-order valence-electron chi connectivity index (χ3n) is 3.67. The summed E-state index contributed by atoms with van der Waals surface area (Å²) in [4.78, 5) is 0. The predicted molar refractivity (Wildman–Crippen MR) is 89.2 cm³/mol. The average molecular weight is 418 g/mol. The third kappa shape index (κ3) is 6.37. The molecule has 2 aliphatic heterocycles. The lowest BCUT2D eigenvalue weighted by Crippen LogP contribution is -2.48. The highest BCUT2D eigenvalue weighted by atomic mass is 32.2. The zero-order valence-corrected chi connectivity index (χ0v) is 17.3. The minimum Gasteiger partial charge on any atom is -0.348 e. The first-order valence-corrected chi connectivity index (χ1v) is 11.6. The lowest BCUT2D eigenvalue weighted by atomic mass is 10.0. The fourth-order valence-corrected chi connectivity index (χ4v) is 3.89. The molecule has 4 atom stereocenters. The Bertz CT molecular complexity index is 712. The minimum absolute atomic E-state index is 0.0765. The maximum atomic E-state index is 11.8. The van der Waals surface area contributed by atoms with Crippen molar-refractivity contribution in [1.29, 1.82) is 0 Å². The van der Waals surface area contributed by atoms with Crippen molar-refractivity contribution in [2.24, 2.45) is 0 Å². The van der Waals surface area contributed by atoms with Gasteiger partial charge in [-0.15, -0.1) is 0 Å². The Morgan fingerprint density at radius 1 is 0.962 bits per heavy atom. The molecule has 2 saturated heterocycles. The molecule has 0 amide bonds. The fraction of sp³-hybridized carbons (Fsp3) is 1.00. The summed E-state index contributed by atoms with van der Waals surface area (Å²) in [5.41, 5.74) is 0. The van der Waals surface area contributed by atoms with Crippen LogP contribution < -0.4 is 0 Å². The largest absolute Gasteiger partial charge is 0.348 e. The van der Waals surface area contributed by atoms with Gasteiger partial charge < -0.3 is 18.9 Å². The maximum absolute atomic E-state index is 11.8. The summed E-state index contributed by atoms with van der Waals surface area (Å²) in [5, 5.41) is 0. The zero-order valence-electron chi connectivity index (χ0n) is 15.6. The summed E-state index contributed by atoms with van der Waals surface area (Å²) < 4.78 is 78.8. The second-order valence-corrected chi connectivity index (χ2v) is 10.5. The molecule has 2 heterocycles. The minimum atomic E-state index is -3.87. The van der Waals surface area contributed by atoms with Gasteiger partial charge in [0.2, 0.25) is 0 Å². The van der Waals surface area contributed by atoms with Crippen LogP contribution in [0.15, 0.2) is 0 Å². The van der Waals surface area contributed by atoms with E-state index in [0.717, 1.165) is 12.5 Å². The van der Waals surface area contributed by atoms with Gasteiger partial charge >= 0.3 is 0 Å². The van der Waals surface area contributed by atoms with Crippen molar-refractivity contribution >= 4 is 20.2 Å². The van der Waals surface area contributed by atoms with E-state index < -0.39 is 56.2 Å². The molecule has 0 aliphatic carbocycles. The van der Waals surface area contributed by atoms with Crippen LogP contribution in [0.1, 0.15) is 27.7 Å². The number of rotatable bonds is 7. The summed E-state index contributed by atoms with van der Waals surface area (Å²) in [6.45, 7) is 6.33. The van der Waals surface area contributed by atoms with Gasteiger partial charge in [0, 0.05) is 0 Å². The third-order valence-corrected chi connectivity index (χ3v) is 4.81. The average Bonchev–Trinajstić information content (AvgIpc) is 2.91. The van der Waals surface area contributed by atoms with E-state index in [-0.39, 0.29) is 13.2 Å². The van der Waals surface area contributed by atoms with Crippen molar-refractivity contribution in [3.63, 3.8) is 0 Å². The van der Waals surface area contributed by atoms with Crippen LogP contribution in [0, 0.1) is 0 Å². The van der Waals surface area contributed by atoms with Crippen molar-refractivity contribution < 1.29 is 44.1 Å². The van der Waals surface area contributed by atoms with Gasteiger partial charge in [-0.2, -0.15) is 16.8 Å². The normalized spacial score (nSPS) is 32.6. The molecule has 0 radical (unpaired) electrons. The van der Waals surface area contributed by atoms with Crippen LogP contribution in [0.3, 0.4) is 0 Å². The van der Waals surface area contributed by atoms with E-state index in [1.807, 2.05) is 0 Å². The van der Waals surface area contributed by atoms with Gasteiger partial charge in [0.1, 0.15) is 24.4 Å². The summed E-state index contributed by atoms with van der Waals surface area (Å²) in [6.07, 6.45) is -1.90. The molecule has 12 heteroatoms. The van der Waals surface area contributed by atoms with Crippen molar-refractivity contribution in [1.82, 2.24) is 0 Å². The van der Waals surface area contributed by atoms with Crippen LogP contribution >= 0.6 is 0 Å². The van der Waals surface area contributed by atoms with E-state index in [9.17, 15) is 16.8 Å². The maximum Gasteiger partial charge on any atom is 0.264 e. The van der Waals surface area contributed by atoms with Gasteiger partial charge in [-0.05, 0) is 27.7 Å². The molecule has 0 N–H and O–H groups in total. The van der Waals surface area contributed by atoms with Crippen molar-refractivity contribution in [2.75, 3.05) is 25.7 Å². The Morgan fingerprint density at radius 3 is 2.04 bits per heavy atom. The molecular weight excluding hydrogens is 392 g/mol. The van der Waals surface area contributed by atoms with E-state index in [1.54, 1.807) is 27.7 Å². The highest BCUT2D eigenvalue weighted by molar-refractivity contribution is 7.86. The highest BCUT2D eigenvalue weighted by Gasteiger charge is 2.52. The molecule has 26 heavy (non-hydrogen) atoms. The Balaban J connectivity index is 2.27. The van der Waals surface area contributed by atoms with Gasteiger partial charge in [-0.1, -0.05) is 0 Å². The second kappa shape index (κ2) is 7.24. The van der Waals surface area contributed by atoms with Gasteiger partial charge in [0.05, 0.1) is 25.7 Å². The Labute approximate surface area is 154 Å². The molecule has 2 fully saturated rings. The van der Waals surface area contributed by atoms with E-state index in [4.69, 9.17) is 27.3 Å². The monoisotopic (exact) mass is 418 g/mol. The summed E-state index contributed by atoms with van der Waals surface area (Å²) in [6, 6.07) is 0. The Morgan fingerprint density at radius 2 is 1.58 bits per heavy atom. The first-order valence-electron chi connectivity index (χ1n) is 7.97. The Kier molecular flexibility index (Phi) is 6.12. The predicted octanol–water partition coefficient (Wildman–Crippen LogP) is -0.0210. The van der Waals surface area contributed by atoms with E-state index >= 15 is 0 Å². The van der Waals surface area contributed by atoms with Crippen molar-refractivity contribution in [2.45, 2.75) is 63.7 Å². The molecule has 0 bridgehead atoms. The van der Waals surface area contributed by atoms with Gasteiger partial charge in [-0.25, -0.2) is 0 Å². The highest BCUT2D eigenvalue weighted by Crippen LogP contribution is 2.36. The molecule has 2 aliphatic rings. The standard InChI is InChI=1S/C14H26O10S2/c1-13(2)19-7-9(21-13)12(24-26(6,17)18)11-10(8-20-25(5,15)16)22-14(3,4)23-11/h9-12H,7-8H2,1-6H3/t9-,10-,11-,12+/m0/s1. The summed E-state index contributed by atoms with van der Waals surface area (Å²) in [5.74, 6) is -2.01. The first kappa shape index (κ1) is 22.0. The number of hydrogen-bond acceptors (Lipinski definition) is 10. The molecule has 0 spiro atoms. The molecule has 0 aromatic carbocycles. The van der Waals surface area contributed by atoms with Crippen LogP contribution in [0.2, 0.25) is 0 Å². The van der Waals surface area contributed by atoms with E-state index in [2.05, 4.69) is 0 Å². The molecule has 2 rings (SSSR count). The summed E-state index contributed by atoms with van der Waals surface area (Å²) >= 11 is 0. The van der Waals surface area contributed by atoms with Gasteiger partial charge in [0.15, 0.2) is 11.6 Å². The fourth-order valence-electron chi connectivity index (χ4n) is 2.87. The topological polar surface area (TPSA) is 124 Å². The second-order valence-electron chi connectivity index (χ2n) is 7.26. The molecule has 0 unspecified atom stereocenters. The van der Waals surface area contributed by atoms with Crippen molar-refractivity contribution in [3.8, 4) is 0 Å². The summed E-state index contributed by atoms with van der Waals surface area (Å²) in [7, 11) is -7.59. The molecule has 154 valence electrons. The Hall–Kier alpha value is -0.340. The van der Waals surface area contributed by atoms with E-state index in [0.29, 0.717) is 0 Å². The van der Waals surface area contributed by atoms with Gasteiger partial charge in [-0.3, -0.25) is 8.37 Å². The first-order chi connectivity index (χ1) is 11.6. The molecule has 0 aromatic rings. The molecule has 0 aromatic heterocycles. The van der Waals surface area contributed by atoms with Crippen LogP contribution in [0.5, 0.6) is 0 Å². The number of ether oxygens (including phenoxy) is 4. The number of hydrogen-bond donors (Lipinski definition) is 0. The molecule has 10 nitrogen and oxygen atoms in total. The SMILES string of the molecule is CC1(C)O[C@H]([C@H](OS(C)(=O)=O)[C@@H]2COC(C)(C)O2)[C@H](COS(C)(=O)=O)O1. The van der Waals surface area contributed by atoms with Crippen LogP contribution in [-0.2, 0) is 47.5 Å². The van der Waals surface area contributed by atoms with E-state index in [1.165, 1.54) is 0 Å². The lowest BCUT2D eigenvalue weighted by Gasteiger charge is -2.29. The van der Waals surface area contributed by atoms with Crippen LogP contribution in [0.25, 0.3) is 0 Å². The van der Waals surface area contributed by atoms with Gasteiger partial charge in [0.25, 0.3) is 20.2 Å². The molecular formula is C14H26O10S2.